The van der Waals surface area contributed by atoms with Crippen LogP contribution >= 0.6 is 22.7 Å². The third kappa shape index (κ3) is 4.44. The molecule has 3 rings (SSSR count). The van der Waals surface area contributed by atoms with Crippen molar-refractivity contribution in [2.24, 2.45) is 0 Å². The molecule has 0 spiro atoms. The van der Waals surface area contributed by atoms with Gasteiger partial charge in [-0.05, 0) is 18.2 Å². The number of carbonyl (C=O) groups is 2. The smallest absolute Gasteiger partial charge is 0.268 e. The average Bonchev–Trinajstić information content (AvgIpc) is 3.32. The second kappa shape index (κ2) is 8.35. The third-order valence-electron chi connectivity index (χ3n) is 3.34. The Hall–Kier alpha value is -3.35. The van der Waals surface area contributed by atoms with Gasteiger partial charge in [0.1, 0.15) is 11.6 Å². The van der Waals surface area contributed by atoms with Gasteiger partial charge in [-0.15, -0.1) is 22.7 Å². The number of carbonyl (C=O) groups excluding carboxylic acids is 2. The molecule has 27 heavy (non-hydrogen) atoms. The van der Waals surface area contributed by atoms with Crippen molar-refractivity contribution in [3.8, 4) is 6.07 Å². The number of anilines is 3. The van der Waals surface area contributed by atoms with E-state index in [1.165, 1.54) is 40.6 Å². The van der Waals surface area contributed by atoms with Crippen LogP contribution in [0.2, 0.25) is 0 Å². The summed E-state index contributed by atoms with van der Waals surface area (Å²) in [6.45, 7) is 1.45. The first-order valence-electron chi connectivity index (χ1n) is 7.72. The van der Waals surface area contributed by atoms with Crippen LogP contribution in [0.4, 0.5) is 16.0 Å². The Balaban J connectivity index is 1.85. The molecule has 1 aromatic carbocycles. The van der Waals surface area contributed by atoms with E-state index in [1.54, 1.807) is 29.1 Å². The molecule has 0 bridgehead atoms. The number of benzene rings is 1. The van der Waals surface area contributed by atoms with E-state index in [2.05, 4.69) is 15.3 Å². The molecule has 0 saturated heterocycles. The lowest BCUT2D eigenvalue weighted by Gasteiger charge is -2.17. The molecule has 3 aromatic rings. The number of rotatable bonds is 5. The van der Waals surface area contributed by atoms with Crippen LogP contribution in [0.15, 0.2) is 52.9 Å². The molecule has 0 radical (unpaired) electrons. The quantitative estimate of drug-likeness (QED) is 0.523. The lowest BCUT2D eigenvalue weighted by atomic mass is 10.2. The molecule has 1 N–H and O–H groups in total. The van der Waals surface area contributed by atoms with Gasteiger partial charge in [0.2, 0.25) is 5.91 Å². The van der Waals surface area contributed by atoms with Crippen molar-refractivity contribution < 1.29 is 9.59 Å². The first kappa shape index (κ1) is 18.4. The van der Waals surface area contributed by atoms with Crippen molar-refractivity contribution in [3.63, 3.8) is 0 Å². The van der Waals surface area contributed by atoms with Crippen LogP contribution in [0.1, 0.15) is 12.6 Å². The molecular weight excluding hydrogens is 382 g/mol. The zero-order valence-corrected chi connectivity index (χ0v) is 15.8. The van der Waals surface area contributed by atoms with E-state index >= 15 is 0 Å². The maximum atomic E-state index is 12.2. The summed E-state index contributed by atoms with van der Waals surface area (Å²) >= 11 is 2.51. The molecule has 2 aromatic heterocycles. The minimum atomic E-state index is -0.562. The first-order chi connectivity index (χ1) is 13.1. The van der Waals surface area contributed by atoms with Crippen molar-refractivity contribution in [1.29, 1.82) is 5.26 Å². The number of nitrogens with one attached hydrogen (secondary N) is 1. The highest BCUT2D eigenvalue weighted by molar-refractivity contribution is 7.14. The molecule has 134 valence electrons. The van der Waals surface area contributed by atoms with Crippen LogP contribution in [0.25, 0.3) is 6.08 Å². The summed E-state index contributed by atoms with van der Waals surface area (Å²) in [7, 11) is 0. The van der Waals surface area contributed by atoms with E-state index in [0.717, 1.165) is 0 Å². The zero-order valence-electron chi connectivity index (χ0n) is 14.1. The van der Waals surface area contributed by atoms with Gasteiger partial charge in [-0.25, -0.2) is 9.97 Å². The second-order valence-electron chi connectivity index (χ2n) is 5.21. The molecule has 0 fully saturated rings. The van der Waals surface area contributed by atoms with Crippen LogP contribution in [0, 0.1) is 11.3 Å². The Bertz CT molecular complexity index is 1020. The van der Waals surface area contributed by atoms with Gasteiger partial charge in [-0.2, -0.15) is 5.26 Å². The van der Waals surface area contributed by atoms with Crippen molar-refractivity contribution in [2.75, 3.05) is 10.2 Å². The molecule has 9 heteroatoms. The van der Waals surface area contributed by atoms with Crippen molar-refractivity contribution in [3.05, 3.63) is 58.6 Å². The van der Waals surface area contributed by atoms with Crippen LogP contribution in [0.5, 0.6) is 0 Å². The van der Waals surface area contributed by atoms with Crippen LogP contribution in [0.3, 0.4) is 0 Å². The Kier molecular flexibility index (Phi) is 5.71. The Labute approximate surface area is 163 Å². The normalized spacial score (nSPS) is 10.9. The van der Waals surface area contributed by atoms with E-state index in [1.807, 2.05) is 24.3 Å². The van der Waals surface area contributed by atoms with Gasteiger partial charge in [0, 0.05) is 23.9 Å². The number of para-hydroxylation sites is 1. The molecule has 0 aliphatic rings. The number of amides is 2. The predicted molar refractivity (Wildman–Crippen MR) is 106 cm³/mol. The molecular formula is C18H13N5O2S2. The summed E-state index contributed by atoms with van der Waals surface area (Å²) < 4.78 is 0. The second-order valence-corrected chi connectivity index (χ2v) is 6.94. The van der Waals surface area contributed by atoms with Crippen molar-refractivity contribution in [2.45, 2.75) is 6.92 Å². The molecule has 0 saturated carbocycles. The topological polar surface area (TPSA) is 99.0 Å². The maximum absolute atomic E-state index is 12.2. The van der Waals surface area contributed by atoms with Gasteiger partial charge in [0.05, 0.1) is 11.4 Å². The first-order valence-corrected chi connectivity index (χ1v) is 9.48. The van der Waals surface area contributed by atoms with Crippen LogP contribution < -0.4 is 10.2 Å². The molecule has 0 atom stereocenters. The Morgan fingerprint density at radius 1 is 1.26 bits per heavy atom. The number of aromatic nitrogens is 2. The highest BCUT2D eigenvalue weighted by Gasteiger charge is 2.18. The highest BCUT2D eigenvalue weighted by Crippen LogP contribution is 2.29. The third-order valence-corrected chi connectivity index (χ3v) is 4.87. The van der Waals surface area contributed by atoms with E-state index in [-0.39, 0.29) is 11.5 Å². The fraction of sp³-hybridized carbons (Fsp3) is 0.0556. The number of nitrogens with zero attached hydrogens (tertiary/aromatic N) is 4. The average molecular weight is 395 g/mol. The van der Waals surface area contributed by atoms with E-state index in [4.69, 9.17) is 0 Å². The lowest BCUT2D eigenvalue weighted by Crippen LogP contribution is -2.22. The van der Waals surface area contributed by atoms with Gasteiger partial charge in [-0.1, -0.05) is 18.2 Å². The fourth-order valence-corrected chi connectivity index (χ4v) is 3.56. The van der Waals surface area contributed by atoms with Gasteiger partial charge < -0.3 is 0 Å². The fourth-order valence-electron chi connectivity index (χ4n) is 2.20. The molecule has 2 amide bonds. The summed E-state index contributed by atoms with van der Waals surface area (Å²) in [6, 6.07) is 11.0. The number of hydrogen-bond acceptors (Lipinski definition) is 7. The Morgan fingerprint density at radius 2 is 2.04 bits per heavy atom. The van der Waals surface area contributed by atoms with Crippen molar-refractivity contribution >= 4 is 56.5 Å². The molecule has 7 nitrogen and oxygen atoms in total. The van der Waals surface area contributed by atoms with Crippen LogP contribution in [-0.4, -0.2) is 21.8 Å². The lowest BCUT2D eigenvalue weighted by molar-refractivity contribution is -0.116. The highest BCUT2D eigenvalue weighted by atomic mass is 32.1. The standard InChI is InChI=1S/C18H13N5O2S2/c1-12(24)23(15-5-3-2-4-6-15)18-21-14(11-27-18)9-13(10-19)16(25)22-17-20-7-8-26-17/h2-9,11H,1H3,(H,20,22,25)/b13-9+. The number of hydrogen-bond donors (Lipinski definition) is 1. The van der Waals surface area contributed by atoms with Gasteiger partial charge in [-0.3, -0.25) is 19.8 Å². The molecule has 2 heterocycles. The summed E-state index contributed by atoms with van der Waals surface area (Å²) in [4.78, 5) is 34.1. The summed E-state index contributed by atoms with van der Waals surface area (Å²) in [5.41, 5.74) is 1.01. The summed E-state index contributed by atoms with van der Waals surface area (Å²) in [5, 5.41) is 16.1. The largest absolute Gasteiger partial charge is 0.297 e. The monoisotopic (exact) mass is 395 g/mol. The summed E-state index contributed by atoms with van der Waals surface area (Å²) in [6.07, 6.45) is 2.94. The zero-order chi connectivity index (χ0) is 19.2. The molecule has 0 unspecified atom stereocenters. The maximum Gasteiger partial charge on any atom is 0.268 e. The van der Waals surface area contributed by atoms with Gasteiger partial charge >= 0.3 is 0 Å². The van der Waals surface area contributed by atoms with Crippen molar-refractivity contribution in [1.82, 2.24) is 9.97 Å². The van der Waals surface area contributed by atoms with Gasteiger partial charge in [0.15, 0.2) is 10.3 Å². The molecule has 0 aliphatic carbocycles. The van der Waals surface area contributed by atoms with Gasteiger partial charge in [0.25, 0.3) is 5.91 Å². The summed E-state index contributed by atoms with van der Waals surface area (Å²) in [5.74, 6) is -0.749. The van der Waals surface area contributed by atoms with Crippen LogP contribution in [-0.2, 0) is 9.59 Å². The number of thiazole rings is 2. The minimum absolute atomic E-state index is 0.101. The SMILES string of the molecule is CC(=O)N(c1ccccc1)c1nc(/C=C(\C#N)C(=O)Nc2nccs2)cs1. The van der Waals surface area contributed by atoms with E-state index < -0.39 is 5.91 Å². The van der Waals surface area contributed by atoms with E-state index in [9.17, 15) is 14.9 Å². The molecule has 0 aliphatic heterocycles. The number of nitriles is 1. The van der Waals surface area contributed by atoms with E-state index in [0.29, 0.717) is 21.6 Å². The Morgan fingerprint density at radius 3 is 2.67 bits per heavy atom. The predicted octanol–water partition coefficient (Wildman–Crippen LogP) is 3.83. The minimum Gasteiger partial charge on any atom is -0.297 e.